The first-order valence-corrected chi connectivity index (χ1v) is 19.1. The lowest BCUT2D eigenvalue weighted by molar-refractivity contribution is -0.142. The number of carbonyl (C=O) groups is 4. The smallest absolute Gasteiger partial charge is 0.410 e. The van der Waals surface area contributed by atoms with E-state index < -0.39 is 60.3 Å². The first kappa shape index (κ1) is 35.2. The molecule has 1 unspecified atom stereocenters. The minimum Gasteiger partial charge on any atom is -0.449 e. The summed E-state index contributed by atoms with van der Waals surface area (Å²) in [4.78, 5) is 68.4. The molecule has 1 aromatic rings. The van der Waals surface area contributed by atoms with E-state index in [2.05, 4.69) is 16.7 Å². The van der Waals surface area contributed by atoms with Gasteiger partial charge in [0.2, 0.25) is 19.2 Å². The Bertz CT molecular complexity index is 1440. The van der Waals surface area contributed by atoms with Crippen molar-refractivity contribution >= 4 is 31.4 Å². The van der Waals surface area contributed by atoms with Crippen LogP contribution in [0.25, 0.3) is 0 Å². The molecule has 0 radical (unpaired) electrons. The van der Waals surface area contributed by atoms with Gasteiger partial charge in [-0.15, -0.1) is 0 Å². The van der Waals surface area contributed by atoms with E-state index in [4.69, 9.17) is 9.47 Å². The van der Waals surface area contributed by atoms with Gasteiger partial charge in [-0.1, -0.05) is 65.7 Å². The molecule has 3 heterocycles. The van der Waals surface area contributed by atoms with Crippen LogP contribution in [-0.2, 0) is 43.1 Å². The molecule has 0 aromatic heterocycles. The second-order valence-electron chi connectivity index (χ2n) is 15.2. The molecule has 2 fully saturated rings. The Labute approximate surface area is 277 Å². The summed E-state index contributed by atoms with van der Waals surface area (Å²) in [5.74, 6) is -1.14. The maximum absolute atomic E-state index is 14.3. The van der Waals surface area contributed by atoms with Gasteiger partial charge in [-0.3, -0.25) is 19.1 Å². The molecule has 12 nitrogen and oxygen atoms in total. The summed E-state index contributed by atoms with van der Waals surface area (Å²) in [5, 5.41) is 4.33. The first-order chi connectivity index (χ1) is 22.0. The molecule has 4 aliphatic rings. The topological polar surface area (TPSA) is 155 Å². The van der Waals surface area contributed by atoms with Crippen molar-refractivity contribution in [2.24, 2.45) is 17.3 Å². The van der Waals surface area contributed by atoms with Crippen molar-refractivity contribution < 1.29 is 38.1 Å². The number of carbonyl (C=O) groups excluding carboxylic acids is 4. The van der Waals surface area contributed by atoms with Crippen molar-refractivity contribution in [1.29, 1.82) is 0 Å². The minimum atomic E-state index is -3.74. The Morgan fingerprint density at radius 2 is 1.89 bits per heavy atom. The van der Waals surface area contributed by atoms with Gasteiger partial charge in [0.1, 0.15) is 23.5 Å². The molecule has 3 N–H and O–H groups in total. The summed E-state index contributed by atoms with van der Waals surface area (Å²) in [5.41, 5.74) is 2.66. The first-order valence-electron chi connectivity index (χ1n) is 17.0. The summed E-state index contributed by atoms with van der Waals surface area (Å²) >= 11 is 0. The number of rotatable bonds is 4. The van der Waals surface area contributed by atoms with Crippen molar-refractivity contribution in [3.05, 3.63) is 34.9 Å². The van der Waals surface area contributed by atoms with Crippen LogP contribution in [0.4, 0.5) is 9.59 Å². The highest BCUT2D eigenvalue weighted by atomic mass is 31.2. The maximum Gasteiger partial charge on any atom is 0.410 e. The van der Waals surface area contributed by atoms with Gasteiger partial charge >= 0.3 is 12.2 Å². The van der Waals surface area contributed by atoms with Crippen molar-refractivity contribution in [3.63, 3.8) is 0 Å². The van der Waals surface area contributed by atoms with Crippen LogP contribution in [0.3, 0.4) is 0 Å². The highest BCUT2D eigenvalue weighted by Gasteiger charge is 2.64. The summed E-state index contributed by atoms with van der Waals surface area (Å²) in [7, 11) is -3.74. The molecule has 1 saturated carbocycles. The van der Waals surface area contributed by atoms with Crippen LogP contribution in [0.5, 0.6) is 0 Å². The molecule has 1 saturated heterocycles. The highest BCUT2D eigenvalue weighted by molar-refractivity contribution is 7.59. The standard InChI is InChI=1S/C34H51N4O8P/c1-7-24-16-34(24,47(6,43)44)36-29(39)27-15-25-18-38(27)30(40)28(33(3,4)5)35-31(41)45-20-21(2)11-8-9-12-22-13-10-14-23-17-37(19-26(22)23)32(42)46-25/h10,13-14,21,24-25,27-28H,7-9,11-12,15-20H2,1-6H3,(H,35,41)(H,36,39)(H,43,44)/t21-,24-,25-,27+,28-,34+/m1/s1. The van der Waals surface area contributed by atoms with Crippen LogP contribution >= 0.6 is 7.37 Å². The lowest BCUT2D eigenvalue weighted by atomic mass is 9.85. The lowest BCUT2D eigenvalue weighted by Gasteiger charge is -2.35. The average Bonchev–Trinajstić information content (AvgIpc) is 3.31. The number of amides is 4. The monoisotopic (exact) mass is 674 g/mol. The van der Waals surface area contributed by atoms with Crippen LogP contribution in [0, 0.1) is 17.3 Å². The number of benzene rings is 1. The van der Waals surface area contributed by atoms with Gasteiger partial charge in [-0.05, 0) is 59.6 Å². The zero-order chi connectivity index (χ0) is 34.3. The number of alkyl carbamates (subject to hydrolysis) is 1. The van der Waals surface area contributed by atoms with Crippen LogP contribution in [0.15, 0.2) is 18.2 Å². The molecule has 4 amide bonds. The molecule has 260 valence electrons. The quantitative estimate of drug-likeness (QED) is 0.387. The average molecular weight is 675 g/mol. The molecule has 7 atom stereocenters. The van der Waals surface area contributed by atoms with E-state index in [0.29, 0.717) is 25.9 Å². The number of fused-ring (bicyclic) bond motifs is 3. The normalized spacial score (nSPS) is 31.7. The predicted octanol–water partition coefficient (Wildman–Crippen LogP) is 4.75. The third-order valence-corrected chi connectivity index (χ3v) is 12.5. The number of cyclic esters (lactones) is 1. The van der Waals surface area contributed by atoms with Crippen molar-refractivity contribution in [3.8, 4) is 0 Å². The summed E-state index contributed by atoms with van der Waals surface area (Å²) in [6.45, 7) is 11.6. The largest absolute Gasteiger partial charge is 0.449 e. The second kappa shape index (κ2) is 13.4. The third-order valence-electron chi connectivity index (χ3n) is 10.4. The van der Waals surface area contributed by atoms with Crippen molar-refractivity contribution in [2.75, 3.05) is 19.8 Å². The summed E-state index contributed by atoms with van der Waals surface area (Å²) in [6.07, 6.45) is 2.61. The molecule has 3 aliphatic heterocycles. The Hall–Kier alpha value is -3.11. The van der Waals surface area contributed by atoms with E-state index in [1.165, 1.54) is 17.1 Å². The summed E-state index contributed by atoms with van der Waals surface area (Å²) < 4.78 is 24.5. The SMILES string of the molecule is CC[C@@H]1C[C@]1(NC(=O)[C@@H]1C[C@@H]2CN1C(=O)[C@H](C(C)(C)C)NC(=O)OC[C@H](C)CCCCc1cccc3c1CN(C3)C(=O)O2)P(C)(=O)O. The van der Waals surface area contributed by atoms with Gasteiger partial charge < -0.3 is 29.9 Å². The zero-order valence-corrected chi connectivity index (χ0v) is 29.4. The van der Waals surface area contributed by atoms with E-state index in [0.717, 1.165) is 36.8 Å². The number of hydrogen-bond acceptors (Lipinski definition) is 7. The number of ether oxygens (including phenoxy) is 2. The fourth-order valence-electron chi connectivity index (χ4n) is 7.39. The van der Waals surface area contributed by atoms with Crippen LogP contribution in [-0.4, -0.2) is 82.0 Å². The number of nitrogens with one attached hydrogen (secondary N) is 2. The Kier molecular flexibility index (Phi) is 10.1. The molecule has 0 spiro atoms. The van der Waals surface area contributed by atoms with Crippen LogP contribution < -0.4 is 10.6 Å². The molecule has 13 heteroatoms. The molecule has 4 bridgehead atoms. The molecule has 1 aromatic carbocycles. The van der Waals surface area contributed by atoms with E-state index >= 15 is 0 Å². The zero-order valence-electron chi connectivity index (χ0n) is 28.5. The molecule has 1 aliphatic carbocycles. The Balaban J connectivity index is 1.44. The predicted molar refractivity (Wildman–Crippen MR) is 176 cm³/mol. The minimum absolute atomic E-state index is 0.0144. The second-order valence-corrected chi connectivity index (χ2v) is 17.7. The molecule has 47 heavy (non-hydrogen) atoms. The van der Waals surface area contributed by atoms with E-state index in [1.807, 2.05) is 46.8 Å². The fourth-order valence-corrected chi connectivity index (χ4v) is 9.13. The van der Waals surface area contributed by atoms with Gasteiger partial charge in [-0.25, -0.2) is 9.59 Å². The Morgan fingerprint density at radius 1 is 1.17 bits per heavy atom. The van der Waals surface area contributed by atoms with E-state index in [1.54, 1.807) is 4.90 Å². The van der Waals surface area contributed by atoms with Crippen molar-refractivity contribution in [1.82, 2.24) is 20.4 Å². The number of hydrogen-bond donors (Lipinski definition) is 3. The lowest BCUT2D eigenvalue weighted by Crippen LogP contribution is -2.58. The van der Waals surface area contributed by atoms with E-state index in [9.17, 15) is 28.6 Å². The van der Waals surface area contributed by atoms with Gasteiger partial charge in [0, 0.05) is 26.2 Å². The van der Waals surface area contributed by atoms with Gasteiger partial charge in [0.05, 0.1) is 13.2 Å². The van der Waals surface area contributed by atoms with Gasteiger partial charge in [-0.2, -0.15) is 0 Å². The third kappa shape index (κ3) is 7.48. The van der Waals surface area contributed by atoms with Crippen LogP contribution in [0.2, 0.25) is 0 Å². The number of aryl methyl sites for hydroxylation is 1. The molecular weight excluding hydrogens is 623 g/mol. The maximum atomic E-state index is 14.3. The van der Waals surface area contributed by atoms with E-state index in [-0.39, 0.29) is 31.4 Å². The fraction of sp³-hybridized carbons (Fsp3) is 0.706. The van der Waals surface area contributed by atoms with Crippen LogP contribution in [0.1, 0.15) is 89.8 Å². The van der Waals surface area contributed by atoms with Crippen molar-refractivity contribution in [2.45, 2.75) is 116 Å². The molecule has 5 rings (SSSR count). The number of nitrogens with zero attached hydrogens (tertiary/aromatic N) is 2. The Morgan fingerprint density at radius 3 is 2.55 bits per heavy atom. The highest BCUT2D eigenvalue weighted by Crippen LogP contribution is 2.68. The van der Waals surface area contributed by atoms with Gasteiger partial charge in [0.15, 0.2) is 0 Å². The van der Waals surface area contributed by atoms with Gasteiger partial charge in [0.25, 0.3) is 0 Å². The molecular formula is C34H51N4O8P. The summed E-state index contributed by atoms with van der Waals surface area (Å²) in [6, 6.07) is 4.00.